The van der Waals surface area contributed by atoms with Gasteiger partial charge in [-0.05, 0) is 12.1 Å². The van der Waals surface area contributed by atoms with Gasteiger partial charge in [-0.25, -0.2) is 4.79 Å². The van der Waals surface area contributed by atoms with Gasteiger partial charge in [0.1, 0.15) is 30.3 Å². The molecule has 0 fully saturated rings. The fraction of sp³-hybridized carbons (Fsp3) is 0.231. The Hall–Kier alpha value is -2.30. The lowest BCUT2D eigenvalue weighted by molar-refractivity contribution is 0.0492. The largest absolute Gasteiger partial charge is 0.497 e. The van der Waals surface area contributed by atoms with E-state index in [0.717, 1.165) is 10.9 Å². The van der Waals surface area contributed by atoms with Crippen LogP contribution in [0.25, 0.3) is 10.9 Å². The van der Waals surface area contributed by atoms with Crippen molar-refractivity contribution in [3.8, 4) is 11.5 Å². The summed E-state index contributed by atoms with van der Waals surface area (Å²) in [5.74, 6) is 0.851. The van der Waals surface area contributed by atoms with Crippen molar-refractivity contribution >= 4 is 16.9 Å². The number of ether oxygens (including phenoxy) is 3. The number of methoxy groups -OCH3 is 1. The average molecular weight is 245 g/mol. The normalized spacial score (nSPS) is 14.4. The summed E-state index contributed by atoms with van der Waals surface area (Å²) in [7, 11) is 1.60. The minimum atomic E-state index is -0.396. The highest BCUT2D eigenvalue weighted by molar-refractivity contribution is 6.00. The van der Waals surface area contributed by atoms with Gasteiger partial charge in [0.2, 0.25) is 0 Å². The second-order valence-electron chi connectivity index (χ2n) is 3.87. The number of carbonyl (C=O) groups excluding carboxylic acids is 1. The van der Waals surface area contributed by atoms with E-state index < -0.39 is 5.97 Å². The molecule has 0 atom stereocenters. The Morgan fingerprint density at radius 1 is 1.28 bits per heavy atom. The molecule has 0 saturated heterocycles. The van der Waals surface area contributed by atoms with Crippen LogP contribution in [0.3, 0.4) is 0 Å². The fourth-order valence-corrected chi connectivity index (χ4v) is 1.93. The summed E-state index contributed by atoms with van der Waals surface area (Å²) in [6.07, 6.45) is 1.48. The molecule has 0 amide bonds. The highest BCUT2D eigenvalue weighted by Crippen LogP contribution is 2.32. The van der Waals surface area contributed by atoms with E-state index in [1.807, 2.05) is 12.1 Å². The second kappa shape index (κ2) is 4.18. The minimum Gasteiger partial charge on any atom is -0.497 e. The molecule has 0 saturated carbocycles. The molecule has 92 valence electrons. The highest BCUT2D eigenvalue weighted by Gasteiger charge is 2.21. The van der Waals surface area contributed by atoms with E-state index >= 15 is 0 Å². The second-order valence-corrected chi connectivity index (χ2v) is 3.87. The standard InChI is InChI=1S/C13H11NO4/c1-16-8-2-3-9-11(6-8)14-7-10-12(9)17-4-5-18-13(10)15/h2-3,6-7H,4-5H2,1H3. The predicted molar refractivity (Wildman–Crippen MR) is 64.1 cm³/mol. The van der Waals surface area contributed by atoms with Crippen LogP contribution in [0.1, 0.15) is 10.4 Å². The molecule has 0 bridgehead atoms. The molecule has 5 heteroatoms. The first kappa shape index (κ1) is 10.8. The number of esters is 1. The van der Waals surface area contributed by atoms with Crippen molar-refractivity contribution in [2.75, 3.05) is 20.3 Å². The van der Waals surface area contributed by atoms with E-state index in [0.29, 0.717) is 23.7 Å². The van der Waals surface area contributed by atoms with Crippen molar-refractivity contribution < 1.29 is 19.0 Å². The van der Waals surface area contributed by atoms with E-state index in [1.165, 1.54) is 6.20 Å². The molecule has 1 aromatic heterocycles. The quantitative estimate of drug-likeness (QED) is 0.717. The summed E-state index contributed by atoms with van der Waals surface area (Å²) in [5, 5.41) is 0.784. The average Bonchev–Trinajstić information content (AvgIpc) is 2.60. The third kappa shape index (κ3) is 1.64. The molecule has 1 aliphatic heterocycles. The number of cyclic esters (lactones) is 1. The molecule has 3 rings (SSSR count). The smallest absolute Gasteiger partial charge is 0.343 e. The molecule has 0 unspecified atom stereocenters. The molecule has 2 heterocycles. The van der Waals surface area contributed by atoms with Gasteiger partial charge in [-0.2, -0.15) is 0 Å². The molecule has 1 aromatic carbocycles. The molecule has 0 N–H and O–H groups in total. The molecule has 0 radical (unpaired) electrons. The molecule has 18 heavy (non-hydrogen) atoms. The number of aromatic nitrogens is 1. The summed E-state index contributed by atoms with van der Waals surface area (Å²) in [5.41, 5.74) is 1.09. The molecule has 2 aromatic rings. The first-order chi connectivity index (χ1) is 8.79. The summed E-state index contributed by atoms with van der Waals surface area (Å²) in [4.78, 5) is 15.9. The molecule has 5 nitrogen and oxygen atoms in total. The maximum absolute atomic E-state index is 11.7. The lowest BCUT2D eigenvalue weighted by atomic mass is 10.1. The number of hydrogen-bond donors (Lipinski definition) is 0. The van der Waals surface area contributed by atoms with Crippen LogP contribution < -0.4 is 9.47 Å². The van der Waals surface area contributed by atoms with Gasteiger partial charge in [-0.3, -0.25) is 4.98 Å². The van der Waals surface area contributed by atoms with E-state index in [2.05, 4.69) is 4.98 Å². The van der Waals surface area contributed by atoms with E-state index in [1.54, 1.807) is 13.2 Å². The minimum absolute atomic E-state index is 0.255. The van der Waals surface area contributed by atoms with Crippen LogP contribution in [-0.2, 0) is 4.74 Å². The summed E-state index contributed by atoms with van der Waals surface area (Å²) < 4.78 is 15.7. The molecule has 0 spiro atoms. The molecule has 1 aliphatic rings. The van der Waals surface area contributed by atoms with Crippen LogP contribution in [0.15, 0.2) is 24.4 Å². The van der Waals surface area contributed by atoms with Crippen LogP contribution >= 0.6 is 0 Å². The summed E-state index contributed by atoms with van der Waals surface area (Å²) in [6, 6.07) is 5.44. The Morgan fingerprint density at radius 2 is 2.11 bits per heavy atom. The lowest BCUT2D eigenvalue weighted by Gasteiger charge is -2.09. The number of nitrogens with zero attached hydrogens (tertiary/aromatic N) is 1. The maximum Gasteiger partial charge on any atom is 0.343 e. The first-order valence-electron chi connectivity index (χ1n) is 5.56. The van der Waals surface area contributed by atoms with Gasteiger partial charge in [-0.1, -0.05) is 0 Å². The number of rotatable bonds is 1. The van der Waals surface area contributed by atoms with Crippen LogP contribution in [0.4, 0.5) is 0 Å². The van der Waals surface area contributed by atoms with Crippen LogP contribution in [-0.4, -0.2) is 31.3 Å². The first-order valence-corrected chi connectivity index (χ1v) is 5.56. The lowest BCUT2D eigenvalue weighted by Crippen LogP contribution is -2.05. The van der Waals surface area contributed by atoms with Gasteiger partial charge in [0.25, 0.3) is 0 Å². The SMILES string of the molecule is COc1ccc2c3c(cnc2c1)C(=O)OCCO3. The monoisotopic (exact) mass is 245 g/mol. The number of fused-ring (bicyclic) bond motifs is 3. The fourth-order valence-electron chi connectivity index (χ4n) is 1.93. The van der Waals surface area contributed by atoms with Crippen LogP contribution in [0.5, 0.6) is 11.5 Å². The Kier molecular flexibility index (Phi) is 2.51. The zero-order chi connectivity index (χ0) is 12.5. The van der Waals surface area contributed by atoms with E-state index in [4.69, 9.17) is 14.2 Å². The Balaban J connectivity index is 2.25. The Morgan fingerprint density at radius 3 is 2.94 bits per heavy atom. The van der Waals surface area contributed by atoms with Crippen molar-refractivity contribution in [2.45, 2.75) is 0 Å². The highest BCUT2D eigenvalue weighted by atomic mass is 16.6. The predicted octanol–water partition coefficient (Wildman–Crippen LogP) is 1.79. The number of hydrogen-bond acceptors (Lipinski definition) is 5. The Labute approximate surface area is 103 Å². The summed E-state index contributed by atoms with van der Waals surface area (Å²) >= 11 is 0. The number of pyridine rings is 1. The topological polar surface area (TPSA) is 57.7 Å². The number of benzene rings is 1. The van der Waals surface area contributed by atoms with Crippen molar-refractivity contribution in [2.24, 2.45) is 0 Å². The molecule has 0 aliphatic carbocycles. The number of carbonyl (C=O) groups is 1. The van der Waals surface area contributed by atoms with E-state index in [9.17, 15) is 4.79 Å². The third-order valence-corrected chi connectivity index (χ3v) is 2.81. The van der Waals surface area contributed by atoms with Gasteiger partial charge in [0, 0.05) is 17.6 Å². The zero-order valence-corrected chi connectivity index (χ0v) is 9.80. The van der Waals surface area contributed by atoms with Gasteiger partial charge in [0.15, 0.2) is 0 Å². The maximum atomic E-state index is 11.7. The van der Waals surface area contributed by atoms with Crippen LogP contribution in [0.2, 0.25) is 0 Å². The van der Waals surface area contributed by atoms with Gasteiger partial charge >= 0.3 is 5.97 Å². The van der Waals surface area contributed by atoms with Gasteiger partial charge < -0.3 is 14.2 Å². The van der Waals surface area contributed by atoms with Gasteiger partial charge in [0.05, 0.1) is 12.6 Å². The van der Waals surface area contributed by atoms with Crippen molar-refractivity contribution in [1.82, 2.24) is 4.98 Å². The van der Waals surface area contributed by atoms with Crippen molar-refractivity contribution in [1.29, 1.82) is 0 Å². The Bertz CT molecular complexity index is 624. The van der Waals surface area contributed by atoms with Crippen LogP contribution in [0, 0.1) is 0 Å². The van der Waals surface area contributed by atoms with Crippen molar-refractivity contribution in [3.05, 3.63) is 30.0 Å². The third-order valence-electron chi connectivity index (χ3n) is 2.81. The molecular weight excluding hydrogens is 234 g/mol. The van der Waals surface area contributed by atoms with Crippen molar-refractivity contribution in [3.63, 3.8) is 0 Å². The van der Waals surface area contributed by atoms with E-state index in [-0.39, 0.29) is 6.61 Å². The molecular formula is C13H11NO4. The summed E-state index contributed by atoms with van der Waals surface area (Å²) in [6.45, 7) is 0.606. The van der Waals surface area contributed by atoms with Gasteiger partial charge in [-0.15, -0.1) is 0 Å². The zero-order valence-electron chi connectivity index (χ0n) is 9.80.